The van der Waals surface area contributed by atoms with Crippen molar-refractivity contribution in [3.63, 3.8) is 0 Å². The van der Waals surface area contributed by atoms with Gasteiger partial charge in [-0.1, -0.05) is 121 Å². The Bertz CT molecular complexity index is 911. The van der Waals surface area contributed by atoms with Gasteiger partial charge in [-0.3, -0.25) is 0 Å². The number of unbranched alkanes of at least 4 members (excludes halogenated alkanes) is 10. The molecule has 33 heavy (non-hydrogen) atoms. The highest BCUT2D eigenvalue weighted by molar-refractivity contribution is 5.86. The van der Waals surface area contributed by atoms with E-state index in [1.807, 2.05) is 0 Å². The van der Waals surface area contributed by atoms with E-state index < -0.39 is 0 Å². The van der Waals surface area contributed by atoms with Gasteiger partial charge in [0.1, 0.15) is 0 Å². The summed E-state index contributed by atoms with van der Waals surface area (Å²) in [6, 6.07) is 25.0. The number of aryl methyl sites for hydroxylation is 1. The topological polar surface area (TPSA) is 3.24 Å². The molecule has 0 bridgehead atoms. The van der Waals surface area contributed by atoms with E-state index in [0.29, 0.717) is 0 Å². The molecule has 0 saturated carbocycles. The third-order valence-corrected chi connectivity index (χ3v) is 6.85. The Morgan fingerprint density at radius 1 is 0.515 bits per heavy atom. The van der Waals surface area contributed by atoms with Gasteiger partial charge in [0, 0.05) is 17.9 Å². The maximum absolute atomic E-state index is 2.53. The molecular formula is C32H45N. The van der Waals surface area contributed by atoms with E-state index in [-0.39, 0.29) is 0 Å². The predicted octanol–water partition coefficient (Wildman–Crippen LogP) is 10.2. The summed E-state index contributed by atoms with van der Waals surface area (Å²) in [5.41, 5.74) is 4.11. The summed E-state index contributed by atoms with van der Waals surface area (Å²) in [7, 11) is 0. The van der Waals surface area contributed by atoms with E-state index in [1.165, 1.54) is 111 Å². The highest BCUT2D eigenvalue weighted by Gasteiger charge is 2.10. The van der Waals surface area contributed by atoms with Crippen molar-refractivity contribution in [1.29, 1.82) is 0 Å². The van der Waals surface area contributed by atoms with Gasteiger partial charge in [-0.05, 0) is 59.9 Å². The van der Waals surface area contributed by atoms with Crippen LogP contribution in [0.5, 0.6) is 0 Å². The molecule has 0 spiro atoms. The molecule has 0 aliphatic heterocycles. The molecule has 178 valence electrons. The van der Waals surface area contributed by atoms with E-state index >= 15 is 0 Å². The Balaban J connectivity index is 1.64. The van der Waals surface area contributed by atoms with Crippen molar-refractivity contribution in [3.8, 4) is 0 Å². The molecule has 0 aromatic heterocycles. The van der Waals surface area contributed by atoms with E-state index in [0.717, 1.165) is 6.54 Å². The first kappa shape index (κ1) is 25.3. The highest BCUT2D eigenvalue weighted by atomic mass is 15.1. The zero-order chi connectivity index (χ0) is 23.1. The average molecular weight is 444 g/mol. The van der Waals surface area contributed by atoms with Crippen LogP contribution in [0.4, 0.5) is 11.4 Å². The second-order valence-corrected chi connectivity index (χ2v) is 9.64. The molecule has 1 nitrogen and oxygen atoms in total. The molecular weight excluding hydrogens is 398 g/mol. The minimum atomic E-state index is 1.08. The molecule has 0 aliphatic rings. The molecule has 0 unspecified atom stereocenters. The van der Waals surface area contributed by atoms with E-state index in [9.17, 15) is 0 Å². The molecule has 0 saturated heterocycles. The van der Waals surface area contributed by atoms with Crippen LogP contribution in [0.15, 0.2) is 66.7 Å². The van der Waals surface area contributed by atoms with Gasteiger partial charge in [0.25, 0.3) is 0 Å². The van der Waals surface area contributed by atoms with Crippen LogP contribution in [0.3, 0.4) is 0 Å². The van der Waals surface area contributed by atoms with Gasteiger partial charge >= 0.3 is 0 Å². The lowest BCUT2D eigenvalue weighted by molar-refractivity contribution is 0.607. The van der Waals surface area contributed by atoms with E-state index in [1.54, 1.807) is 0 Å². The maximum Gasteiger partial charge on any atom is 0.0417 e. The molecule has 0 heterocycles. The first-order valence-electron chi connectivity index (χ1n) is 13.7. The van der Waals surface area contributed by atoms with Crippen molar-refractivity contribution in [1.82, 2.24) is 0 Å². The average Bonchev–Trinajstić information content (AvgIpc) is 2.86. The molecule has 0 atom stereocenters. The third-order valence-electron chi connectivity index (χ3n) is 6.85. The molecule has 0 fully saturated rings. The van der Waals surface area contributed by atoms with Gasteiger partial charge in [0.2, 0.25) is 0 Å². The lowest BCUT2D eigenvalue weighted by Gasteiger charge is -2.26. The fraction of sp³-hybridized carbons (Fsp3) is 0.500. The van der Waals surface area contributed by atoms with Gasteiger partial charge in [0.15, 0.2) is 0 Å². The Labute approximate surface area is 203 Å². The second-order valence-electron chi connectivity index (χ2n) is 9.64. The smallest absolute Gasteiger partial charge is 0.0417 e. The quantitative estimate of drug-likeness (QED) is 0.199. The number of fused-ring (bicyclic) bond motifs is 1. The lowest BCUT2D eigenvalue weighted by atomic mass is 10.0. The number of hydrogen-bond acceptors (Lipinski definition) is 1. The summed E-state index contributed by atoms with van der Waals surface area (Å²) in [6.45, 7) is 5.66. The summed E-state index contributed by atoms with van der Waals surface area (Å²) < 4.78 is 0. The van der Waals surface area contributed by atoms with Gasteiger partial charge in [0.05, 0.1) is 0 Å². The van der Waals surface area contributed by atoms with Crippen molar-refractivity contribution in [2.45, 2.75) is 97.3 Å². The van der Waals surface area contributed by atoms with Crippen LogP contribution in [0.25, 0.3) is 10.8 Å². The Morgan fingerprint density at radius 2 is 1.09 bits per heavy atom. The molecule has 1 heteroatoms. The standard InChI is InChI=1S/C32H45N/c1-3-5-7-9-11-13-17-28-20-23-31(24-21-28)33(26-16-12-10-8-6-4-2)32-25-22-29-18-14-15-19-30(29)27-32/h14-15,18-25,27H,3-13,16-17,26H2,1-2H3. The van der Waals surface area contributed by atoms with Crippen molar-refractivity contribution < 1.29 is 0 Å². The summed E-state index contributed by atoms with van der Waals surface area (Å²) in [6.07, 6.45) is 17.4. The van der Waals surface area contributed by atoms with Crippen molar-refractivity contribution in [2.24, 2.45) is 0 Å². The maximum atomic E-state index is 2.53. The Hall–Kier alpha value is -2.28. The number of rotatable bonds is 16. The van der Waals surface area contributed by atoms with Crippen molar-refractivity contribution in [3.05, 3.63) is 72.3 Å². The minimum absolute atomic E-state index is 1.08. The van der Waals surface area contributed by atoms with Crippen LogP contribution >= 0.6 is 0 Å². The summed E-state index contributed by atoms with van der Waals surface area (Å²) in [5.74, 6) is 0. The zero-order valence-electron chi connectivity index (χ0n) is 21.2. The number of nitrogens with zero attached hydrogens (tertiary/aromatic N) is 1. The minimum Gasteiger partial charge on any atom is -0.341 e. The molecule has 3 aromatic carbocycles. The van der Waals surface area contributed by atoms with Gasteiger partial charge in [-0.25, -0.2) is 0 Å². The molecule has 0 amide bonds. The SMILES string of the molecule is CCCCCCCCc1ccc(N(CCCCCCCC)c2ccc3ccccc3c2)cc1. The number of hydrogen-bond donors (Lipinski definition) is 0. The molecule has 3 aromatic rings. The monoisotopic (exact) mass is 443 g/mol. The molecule has 0 radical (unpaired) electrons. The third kappa shape index (κ3) is 8.54. The van der Waals surface area contributed by atoms with Gasteiger partial charge in [-0.15, -0.1) is 0 Å². The number of anilines is 2. The second kappa shape index (κ2) is 14.8. The zero-order valence-corrected chi connectivity index (χ0v) is 21.2. The van der Waals surface area contributed by atoms with Gasteiger partial charge < -0.3 is 4.90 Å². The number of benzene rings is 3. The normalized spacial score (nSPS) is 11.2. The van der Waals surface area contributed by atoms with Crippen molar-refractivity contribution in [2.75, 3.05) is 11.4 Å². The van der Waals surface area contributed by atoms with Crippen LogP contribution in [0, 0.1) is 0 Å². The van der Waals surface area contributed by atoms with Crippen molar-refractivity contribution >= 4 is 22.1 Å². The predicted molar refractivity (Wildman–Crippen MR) is 148 cm³/mol. The van der Waals surface area contributed by atoms with Crippen LogP contribution in [0.2, 0.25) is 0 Å². The molecule has 3 rings (SSSR count). The van der Waals surface area contributed by atoms with Crippen LogP contribution < -0.4 is 4.90 Å². The summed E-state index contributed by atoms with van der Waals surface area (Å²) >= 11 is 0. The van der Waals surface area contributed by atoms with Gasteiger partial charge in [-0.2, -0.15) is 0 Å². The lowest BCUT2D eigenvalue weighted by Crippen LogP contribution is -2.18. The fourth-order valence-electron chi connectivity index (χ4n) is 4.75. The summed E-state index contributed by atoms with van der Waals surface area (Å²) in [4.78, 5) is 2.53. The van der Waals surface area contributed by atoms with Crippen LogP contribution in [-0.2, 0) is 6.42 Å². The first-order valence-corrected chi connectivity index (χ1v) is 13.7. The Kier molecular flexibility index (Phi) is 11.4. The highest BCUT2D eigenvalue weighted by Crippen LogP contribution is 2.30. The molecule has 0 aliphatic carbocycles. The van der Waals surface area contributed by atoms with Crippen LogP contribution in [-0.4, -0.2) is 6.54 Å². The summed E-state index contributed by atoms with van der Waals surface area (Å²) in [5, 5.41) is 2.64. The molecule has 0 N–H and O–H groups in total. The first-order chi connectivity index (χ1) is 16.3. The fourth-order valence-corrected chi connectivity index (χ4v) is 4.75. The Morgan fingerprint density at radius 3 is 1.79 bits per heavy atom. The largest absolute Gasteiger partial charge is 0.341 e. The van der Waals surface area contributed by atoms with E-state index in [4.69, 9.17) is 0 Å². The van der Waals surface area contributed by atoms with Crippen LogP contribution in [0.1, 0.15) is 96.5 Å². The van der Waals surface area contributed by atoms with E-state index in [2.05, 4.69) is 85.5 Å².